The number of nitrogens with zero attached hydrogens (tertiary/aromatic N) is 1. The largest absolute Gasteiger partial charge is 0.497 e. The minimum absolute atomic E-state index is 0.0768. The highest BCUT2D eigenvalue weighted by molar-refractivity contribution is 7.14. The van der Waals surface area contributed by atoms with Gasteiger partial charge in [0, 0.05) is 35.7 Å². The summed E-state index contributed by atoms with van der Waals surface area (Å²) in [6, 6.07) is 7.17. The van der Waals surface area contributed by atoms with Crippen molar-refractivity contribution in [2.75, 3.05) is 12.4 Å². The average molecular weight is 456 g/mol. The maximum absolute atomic E-state index is 12.4. The first-order chi connectivity index (χ1) is 15.5. The predicted octanol–water partition coefficient (Wildman–Crippen LogP) is 4.09. The van der Waals surface area contributed by atoms with Crippen molar-refractivity contribution in [1.82, 2.24) is 10.3 Å². The Hall–Kier alpha value is -3.20. The van der Waals surface area contributed by atoms with E-state index in [-0.39, 0.29) is 30.7 Å². The summed E-state index contributed by atoms with van der Waals surface area (Å²) >= 11 is 1.21. The Labute approximate surface area is 189 Å². The standard InChI is InChI=1S/C23H25N3O5S/c1-30-16-8-7-14-11-17(22(29)31-19(14)12-16)18-13-32-23(25-18)26-21(28)10-9-20(27)24-15-5-3-2-4-6-15/h7-8,11-13,15H,2-6,9-10H2,1H3,(H,24,27)(H,25,26,28). The molecule has 3 aromatic rings. The first kappa shape index (κ1) is 22.0. The Kier molecular flexibility index (Phi) is 6.84. The van der Waals surface area contributed by atoms with Crippen LogP contribution in [0.3, 0.4) is 0 Å². The molecule has 1 fully saturated rings. The Morgan fingerprint density at radius 2 is 1.94 bits per heavy atom. The lowest BCUT2D eigenvalue weighted by Gasteiger charge is -2.22. The zero-order valence-electron chi connectivity index (χ0n) is 17.8. The highest BCUT2D eigenvalue weighted by Crippen LogP contribution is 2.27. The van der Waals surface area contributed by atoms with Crippen molar-refractivity contribution in [2.45, 2.75) is 51.0 Å². The molecule has 0 spiro atoms. The van der Waals surface area contributed by atoms with Crippen molar-refractivity contribution in [3.8, 4) is 17.0 Å². The topological polar surface area (TPSA) is 111 Å². The molecule has 1 aliphatic rings. The van der Waals surface area contributed by atoms with Crippen LogP contribution in [0.1, 0.15) is 44.9 Å². The smallest absolute Gasteiger partial charge is 0.345 e. The van der Waals surface area contributed by atoms with Crippen molar-refractivity contribution in [3.05, 3.63) is 40.1 Å². The molecule has 32 heavy (non-hydrogen) atoms. The molecule has 2 aromatic heterocycles. The van der Waals surface area contributed by atoms with E-state index in [1.54, 1.807) is 36.8 Å². The molecule has 1 aromatic carbocycles. The van der Waals surface area contributed by atoms with Gasteiger partial charge in [0.15, 0.2) is 5.13 Å². The van der Waals surface area contributed by atoms with E-state index >= 15 is 0 Å². The molecule has 1 aliphatic carbocycles. The van der Waals surface area contributed by atoms with Gasteiger partial charge in [-0.1, -0.05) is 19.3 Å². The second-order valence-corrected chi connectivity index (χ2v) is 8.70. The molecular weight excluding hydrogens is 430 g/mol. The van der Waals surface area contributed by atoms with Crippen LogP contribution in [0.5, 0.6) is 5.75 Å². The van der Waals surface area contributed by atoms with Crippen molar-refractivity contribution in [3.63, 3.8) is 0 Å². The maximum atomic E-state index is 12.4. The Morgan fingerprint density at radius 1 is 1.16 bits per heavy atom. The average Bonchev–Trinajstić information content (AvgIpc) is 3.25. The van der Waals surface area contributed by atoms with Gasteiger partial charge in [-0.25, -0.2) is 9.78 Å². The number of carbonyl (C=O) groups is 2. The molecule has 0 bridgehead atoms. The lowest BCUT2D eigenvalue weighted by Crippen LogP contribution is -2.36. The number of fused-ring (bicyclic) bond motifs is 1. The third-order valence-corrected chi connectivity index (χ3v) is 6.28. The normalized spacial score (nSPS) is 14.3. The van der Waals surface area contributed by atoms with Crippen LogP contribution in [0, 0.1) is 0 Å². The van der Waals surface area contributed by atoms with Gasteiger partial charge in [-0.15, -0.1) is 11.3 Å². The third-order valence-electron chi connectivity index (χ3n) is 5.52. The van der Waals surface area contributed by atoms with Crippen molar-refractivity contribution in [1.29, 1.82) is 0 Å². The van der Waals surface area contributed by atoms with Crippen LogP contribution in [0.4, 0.5) is 5.13 Å². The van der Waals surface area contributed by atoms with Crippen LogP contribution in [0.25, 0.3) is 22.2 Å². The molecule has 0 radical (unpaired) electrons. The molecule has 8 nitrogen and oxygen atoms in total. The number of nitrogens with one attached hydrogen (secondary N) is 2. The summed E-state index contributed by atoms with van der Waals surface area (Å²) in [7, 11) is 1.54. The molecule has 2 N–H and O–H groups in total. The molecule has 0 atom stereocenters. The van der Waals surface area contributed by atoms with Crippen molar-refractivity contribution < 1.29 is 18.7 Å². The molecule has 4 rings (SSSR count). The highest BCUT2D eigenvalue weighted by Gasteiger charge is 2.17. The highest BCUT2D eigenvalue weighted by atomic mass is 32.1. The van der Waals surface area contributed by atoms with Crippen LogP contribution >= 0.6 is 11.3 Å². The van der Waals surface area contributed by atoms with Gasteiger partial charge in [-0.3, -0.25) is 9.59 Å². The molecule has 0 unspecified atom stereocenters. The minimum atomic E-state index is -0.520. The summed E-state index contributed by atoms with van der Waals surface area (Å²) in [6.07, 6.45) is 5.74. The number of amides is 2. The second kappa shape index (κ2) is 9.95. The number of methoxy groups -OCH3 is 1. The molecule has 9 heteroatoms. The SMILES string of the molecule is COc1ccc2cc(-c3csc(NC(=O)CCC(=O)NC4CCCCC4)n3)c(=O)oc2c1. The summed E-state index contributed by atoms with van der Waals surface area (Å²) in [5.74, 6) is 0.207. The molecule has 2 amide bonds. The van der Waals surface area contributed by atoms with Gasteiger partial charge < -0.3 is 19.8 Å². The quantitative estimate of drug-likeness (QED) is 0.519. The molecule has 0 aliphatic heterocycles. The Balaban J connectivity index is 1.36. The maximum Gasteiger partial charge on any atom is 0.345 e. The Morgan fingerprint density at radius 3 is 2.72 bits per heavy atom. The van der Waals surface area contributed by atoms with E-state index in [0.717, 1.165) is 31.1 Å². The van der Waals surface area contributed by atoms with Gasteiger partial charge in [0.05, 0.1) is 18.4 Å². The fourth-order valence-corrected chi connectivity index (χ4v) is 4.53. The summed E-state index contributed by atoms with van der Waals surface area (Å²) in [5.41, 5.74) is 0.639. The van der Waals surface area contributed by atoms with Crippen molar-refractivity contribution >= 4 is 39.3 Å². The Bertz CT molecular complexity index is 1180. The summed E-state index contributed by atoms with van der Waals surface area (Å²) in [4.78, 5) is 41.1. The van der Waals surface area contributed by atoms with E-state index in [4.69, 9.17) is 9.15 Å². The van der Waals surface area contributed by atoms with E-state index in [1.165, 1.54) is 17.8 Å². The molecule has 1 saturated carbocycles. The van der Waals surface area contributed by atoms with Crippen LogP contribution in [-0.2, 0) is 9.59 Å². The fourth-order valence-electron chi connectivity index (χ4n) is 3.81. The summed E-state index contributed by atoms with van der Waals surface area (Å²) < 4.78 is 10.6. The first-order valence-electron chi connectivity index (χ1n) is 10.7. The van der Waals surface area contributed by atoms with Crippen LogP contribution in [0.2, 0.25) is 0 Å². The lowest BCUT2D eigenvalue weighted by molar-refractivity contribution is -0.125. The number of benzene rings is 1. The lowest BCUT2D eigenvalue weighted by atomic mass is 9.95. The van der Waals surface area contributed by atoms with Gasteiger partial charge in [-0.2, -0.15) is 0 Å². The molecule has 2 heterocycles. The number of hydrogen-bond donors (Lipinski definition) is 2. The number of carbonyl (C=O) groups excluding carboxylic acids is 2. The first-order valence-corrected chi connectivity index (χ1v) is 11.6. The number of rotatable bonds is 7. The minimum Gasteiger partial charge on any atom is -0.497 e. The molecular formula is C23H25N3O5S. The third kappa shape index (κ3) is 5.34. The second-order valence-electron chi connectivity index (χ2n) is 7.84. The van der Waals surface area contributed by atoms with E-state index < -0.39 is 5.63 Å². The van der Waals surface area contributed by atoms with Crippen LogP contribution in [0.15, 0.2) is 38.9 Å². The molecule has 0 saturated heterocycles. The van der Waals surface area contributed by atoms with Gasteiger partial charge in [-0.05, 0) is 31.0 Å². The van der Waals surface area contributed by atoms with E-state index in [2.05, 4.69) is 15.6 Å². The van der Waals surface area contributed by atoms with Gasteiger partial charge in [0.25, 0.3) is 0 Å². The van der Waals surface area contributed by atoms with Gasteiger partial charge in [0.1, 0.15) is 11.3 Å². The zero-order valence-corrected chi connectivity index (χ0v) is 18.6. The number of anilines is 1. The number of ether oxygens (including phenoxy) is 1. The van der Waals surface area contributed by atoms with Crippen molar-refractivity contribution in [2.24, 2.45) is 0 Å². The predicted molar refractivity (Wildman–Crippen MR) is 123 cm³/mol. The van der Waals surface area contributed by atoms with E-state index in [1.807, 2.05) is 0 Å². The summed E-state index contributed by atoms with van der Waals surface area (Å²) in [6.45, 7) is 0. The number of aromatic nitrogens is 1. The van der Waals surface area contributed by atoms with Gasteiger partial charge >= 0.3 is 5.63 Å². The monoisotopic (exact) mass is 455 g/mol. The van der Waals surface area contributed by atoms with Crippen LogP contribution in [-0.4, -0.2) is 29.9 Å². The number of hydrogen-bond acceptors (Lipinski definition) is 7. The van der Waals surface area contributed by atoms with E-state index in [0.29, 0.717) is 27.7 Å². The summed E-state index contributed by atoms with van der Waals surface area (Å²) in [5, 5.41) is 8.50. The number of thiazole rings is 1. The van der Waals surface area contributed by atoms with Gasteiger partial charge in [0.2, 0.25) is 11.8 Å². The zero-order chi connectivity index (χ0) is 22.5. The fraction of sp³-hybridized carbons (Fsp3) is 0.391. The molecule has 168 valence electrons. The van der Waals surface area contributed by atoms with Crippen LogP contribution < -0.4 is 21.0 Å². The van der Waals surface area contributed by atoms with E-state index in [9.17, 15) is 14.4 Å².